The van der Waals surface area contributed by atoms with Crippen LogP contribution < -0.4 is 0 Å². The smallest absolute Gasteiger partial charge is 0.320 e. The average Bonchev–Trinajstić information content (AvgIpc) is 2.95. The first-order chi connectivity index (χ1) is 9.66. The third kappa shape index (κ3) is 2.29. The van der Waals surface area contributed by atoms with Gasteiger partial charge >= 0.3 is 5.97 Å². The summed E-state index contributed by atoms with van der Waals surface area (Å²) >= 11 is 0. The molecule has 20 heavy (non-hydrogen) atoms. The van der Waals surface area contributed by atoms with Crippen LogP contribution in [0.15, 0.2) is 42.5 Å². The van der Waals surface area contributed by atoms with E-state index in [1.54, 1.807) is 0 Å². The summed E-state index contributed by atoms with van der Waals surface area (Å²) < 4.78 is 0. The maximum Gasteiger partial charge on any atom is 0.320 e. The van der Waals surface area contributed by atoms with Crippen molar-refractivity contribution >= 4 is 16.7 Å². The first-order valence-electron chi connectivity index (χ1n) is 7.14. The van der Waals surface area contributed by atoms with Gasteiger partial charge in [-0.15, -0.1) is 0 Å². The highest BCUT2D eigenvalue weighted by atomic mass is 16.4. The Morgan fingerprint density at radius 1 is 1.25 bits per heavy atom. The van der Waals surface area contributed by atoms with Crippen LogP contribution in [0.3, 0.4) is 0 Å². The molecule has 0 amide bonds. The molecule has 0 radical (unpaired) electrons. The molecule has 0 saturated carbocycles. The summed E-state index contributed by atoms with van der Waals surface area (Å²) in [6.07, 6.45) is 1.72. The summed E-state index contributed by atoms with van der Waals surface area (Å²) in [5.41, 5.74) is 1.19. The van der Waals surface area contributed by atoms with Crippen molar-refractivity contribution in [2.75, 3.05) is 6.54 Å². The summed E-state index contributed by atoms with van der Waals surface area (Å²) in [4.78, 5) is 13.4. The summed E-state index contributed by atoms with van der Waals surface area (Å²) in [7, 11) is 0. The van der Waals surface area contributed by atoms with Gasteiger partial charge in [-0.3, -0.25) is 9.69 Å². The first kappa shape index (κ1) is 13.1. The second-order valence-electron chi connectivity index (χ2n) is 5.52. The Bertz CT molecular complexity index is 638. The van der Waals surface area contributed by atoms with Crippen molar-refractivity contribution in [2.45, 2.75) is 31.8 Å². The highest BCUT2D eigenvalue weighted by Crippen LogP contribution is 2.30. The molecule has 2 unspecified atom stereocenters. The Labute approximate surface area is 118 Å². The topological polar surface area (TPSA) is 40.5 Å². The van der Waals surface area contributed by atoms with Crippen LogP contribution in [0.1, 0.15) is 31.4 Å². The minimum absolute atomic E-state index is 0.142. The third-order valence-corrected chi connectivity index (χ3v) is 4.33. The molecule has 0 bridgehead atoms. The fourth-order valence-electron chi connectivity index (χ4n) is 3.18. The quantitative estimate of drug-likeness (QED) is 0.927. The number of rotatable bonds is 3. The Kier molecular flexibility index (Phi) is 3.45. The zero-order valence-electron chi connectivity index (χ0n) is 11.6. The lowest BCUT2D eigenvalue weighted by atomic mass is 10.0. The van der Waals surface area contributed by atoms with Gasteiger partial charge in [0.15, 0.2) is 0 Å². The van der Waals surface area contributed by atoms with Gasteiger partial charge in [0, 0.05) is 6.04 Å². The van der Waals surface area contributed by atoms with E-state index in [1.165, 1.54) is 16.3 Å². The molecule has 1 aliphatic heterocycles. The van der Waals surface area contributed by atoms with Gasteiger partial charge in [-0.2, -0.15) is 0 Å². The van der Waals surface area contributed by atoms with E-state index < -0.39 is 5.97 Å². The number of likely N-dealkylation sites (tertiary alicyclic amines) is 1. The lowest BCUT2D eigenvalue weighted by Crippen LogP contribution is -2.37. The van der Waals surface area contributed by atoms with Crippen molar-refractivity contribution in [3.8, 4) is 0 Å². The number of benzene rings is 2. The van der Waals surface area contributed by atoms with Gasteiger partial charge in [-0.05, 0) is 48.7 Å². The summed E-state index contributed by atoms with van der Waals surface area (Å²) in [6.45, 7) is 2.97. The third-order valence-electron chi connectivity index (χ3n) is 4.33. The molecule has 1 heterocycles. The summed E-state index contributed by atoms with van der Waals surface area (Å²) in [5.74, 6) is -0.699. The Balaban J connectivity index is 1.91. The Hall–Kier alpha value is -1.87. The van der Waals surface area contributed by atoms with Gasteiger partial charge in [0.1, 0.15) is 6.04 Å². The van der Waals surface area contributed by atoms with Crippen molar-refractivity contribution < 1.29 is 9.90 Å². The number of carboxylic acids is 1. The Morgan fingerprint density at radius 2 is 2.00 bits per heavy atom. The van der Waals surface area contributed by atoms with Crippen LogP contribution in [0.2, 0.25) is 0 Å². The van der Waals surface area contributed by atoms with Crippen LogP contribution in [0.5, 0.6) is 0 Å². The molecule has 1 N–H and O–H groups in total. The van der Waals surface area contributed by atoms with E-state index in [1.807, 2.05) is 12.1 Å². The van der Waals surface area contributed by atoms with Crippen LogP contribution in [0.4, 0.5) is 0 Å². The fourth-order valence-corrected chi connectivity index (χ4v) is 3.18. The number of aliphatic carboxylic acids is 1. The lowest BCUT2D eigenvalue weighted by molar-refractivity contribution is -0.142. The number of fused-ring (bicyclic) bond motifs is 1. The molecule has 3 rings (SSSR count). The number of carboxylic acid groups (broad SMARTS) is 1. The van der Waals surface area contributed by atoms with E-state index in [0.717, 1.165) is 19.4 Å². The monoisotopic (exact) mass is 269 g/mol. The summed E-state index contributed by atoms with van der Waals surface area (Å²) in [5, 5.41) is 11.7. The van der Waals surface area contributed by atoms with E-state index in [4.69, 9.17) is 0 Å². The second-order valence-corrected chi connectivity index (χ2v) is 5.52. The molecule has 1 saturated heterocycles. The van der Waals surface area contributed by atoms with Crippen LogP contribution in [-0.4, -0.2) is 28.6 Å². The molecule has 1 fully saturated rings. The second kappa shape index (κ2) is 5.25. The van der Waals surface area contributed by atoms with Gasteiger partial charge in [0.2, 0.25) is 0 Å². The molecule has 2 aromatic rings. The standard InChI is InChI=1S/C17H19NO2/c1-12(18-10-4-7-16(18)17(19)20)14-9-8-13-5-2-3-6-15(13)11-14/h2-3,5-6,8-9,11-12,16H,4,7,10H2,1H3,(H,19,20). The zero-order chi connectivity index (χ0) is 14.1. The molecule has 3 nitrogen and oxygen atoms in total. The van der Waals surface area contributed by atoms with E-state index in [2.05, 4.69) is 42.2 Å². The van der Waals surface area contributed by atoms with Gasteiger partial charge < -0.3 is 5.11 Å². The van der Waals surface area contributed by atoms with Crippen LogP contribution in [-0.2, 0) is 4.79 Å². The summed E-state index contributed by atoms with van der Waals surface area (Å²) in [6, 6.07) is 14.5. The molecule has 2 atom stereocenters. The number of hydrogen-bond donors (Lipinski definition) is 1. The van der Waals surface area contributed by atoms with E-state index in [-0.39, 0.29) is 12.1 Å². The molecule has 2 aromatic carbocycles. The van der Waals surface area contributed by atoms with Crippen molar-refractivity contribution in [3.63, 3.8) is 0 Å². The molecule has 0 spiro atoms. The minimum atomic E-state index is -0.699. The maximum absolute atomic E-state index is 11.3. The van der Waals surface area contributed by atoms with E-state index >= 15 is 0 Å². The molecule has 104 valence electrons. The maximum atomic E-state index is 11.3. The molecule has 3 heteroatoms. The zero-order valence-corrected chi connectivity index (χ0v) is 11.6. The van der Waals surface area contributed by atoms with Crippen LogP contribution in [0.25, 0.3) is 10.8 Å². The molecular formula is C17H19NO2. The molecule has 1 aliphatic rings. The van der Waals surface area contributed by atoms with Gasteiger partial charge in [0.25, 0.3) is 0 Å². The van der Waals surface area contributed by atoms with Crippen molar-refractivity contribution in [1.29, 1.82) is 0 Å². The van der Waals surface area contributed by atoms with Gasteiger partial charge in [0.05, 0.1) is 0 Å². The SMILES string of the molecule is CC(c1ccc2ccccc2c1)N1CCCC1C(=O)O. The highest BCUT2D eigenvalue weighted by Gasteiger charge is 2.33. The van der Waals surface area contributed by atoms with Crippen molar-refractivity contribution in [1.82, 2.24) is 4.90 Å². The number of hydrogen-bond acceptors (Lipinski definition) is 2. The number of nitrogens with zero attached hydrogens (tertiary/aromatic N) is 1. The largest absolute Gasteiger partial charge is 0.480 e. The van der Waals surface area contributed by atoms with Crippen molar-refractivity contribution in [2.24, 2.45) is 0 Å². The first-order valence-corrected chi connectivity index (χ1v) is 7.14. The predicted molar refractivity (Wildman–Crippen MR) is 79.7 cm³/mol. The molecule has 0 aliphatic carbocycles. The van der Waals surface area contributed by atoms with E-state index in [0.29, 0.717) is 0 Å². The average molecular weight is 269 g/mol. The molecular weight excluding hydrogens is 250 g/mol. The Morgan fingerprint density at radius 3 is 2.75 bits per heavy atom. The normalized spacial score (nSPS) is 21.1. The van der Waals surface area contributed by atoms with E-state index in [9.17, 15) is 9.90 Å². The van der Waals surface area contributed by atoms with Gasteiger partial charge in [-0.25, -0.2) is 0 Å². The van der Waals surface area contributed by atoms with Gasteiger partial charge in [-0.1, -0.05) is 36.4 Å². The number of carbonyl (C=O) groups is 1. The predicted octanol–water partition coefficient (Wildman–Crippen LogP) is 3.45. The minimum Gasteiger partial charge on any atom is -0.480 e. The van der Waals surface area contributed by atoms with Crippen LogP contribution in [0, 0.1) is 0 Å². The fraction of sp³-hybridized carbons (Fsp3) is 0.353. The van der Waals surface area contributed by atoms with Crippen molar-refractivity contribution in [3.05, 3.63) is 48.0 Å². The van der Waals surface area contributed by atoms with Crippen LogP contribution >= 0.6 is 0 Å². The lowest BCUT2D eigenvalue weighted by Gasteiger charge is -2.28. The molecule has 0 aromatic heterocycles. The highest BCUT2D eigenvalue weighted by molar-refractivity contribution is 5.83.